The Kier molecular flexibility index (Phi) is 26.3. The van der Waals surface area contributed by atoms with Crippen molar-refractivity contribution >= 4 is 119 Å². The van der Waals surface area contributed by atoms with Gasteiger partial charge in [0, 0.05) is 106 Å². The highest BCUT2D eigenvalue weighted by atomic mass is 35.5. The van der Waals surface area contributed by atoms with E-state index in [2.05, 4.69) is 51.3 Å². The number of nitrogens with one attached hydrogen (secondary N) is 1. The zero-order valence-electron chi connectivity index (χ0n) is 68.3. The van der Waals surface area contributed by atoms with Crippen molar-refractivity contribution in [3.8, 4) is 23.0 Å². The fourth-order valence-electron chi connectivity index (χ4n) is 15.0. The van der Waals surface area contributed by atoms with Gasteiger partial charge >= 0.3 is 0 Å². The number of benzene rings is 9. The number of aliphatic hydroxyl groups excluding tert-OH is 2. The second kappa shape index (κ2) is 36.5. The molecule has 2 aromatic heterocycles. The van der Waals surface area contributed by atoms with E-state index < -0.39 is 5.41 Å². The maximum atomic E-state index is 13.1. The predicted octanol–water partition coefficient (Wildman–Crippen LogP) is 18.1. The molecular weight excluding hydrogens is 1530 g/mol. The number of piperidine rings is 2. The number of Topliss-reactive ketones (excluding diaryl/α,β-unsaturated/α-hetero) is 1. The van der Waals surface area contributed by atoms with Crippen LogP contribution in [-0.4, -0.2) is 101 Å². The number of pyridine rings is 2. The molecule has 5 aliphatic rings. The number of aliphatic hydroxyl groups is 2. The molecule has 3 amide bonds. The molecule has 3 aliphatic heterocycles. The van der Waals surface area contributed by atoms with E-state index in [1.54, 1.807) is 138 Å². The standard InChI is InChI=1S/C24H16N2O3.C23H31N3O3.C21H27N3O3.C14H18ClNO2.C13H10FNO/c25-16-7-4-8-17(13-16)29-18-11-12-20-21(14-18)24(28)26(23(20)27)22-10-3-6-15-5-1-2-9-19(15)22;1-14(27)18-13-26(16-7-8-16)20-17(21(18)28)9-10-19(22(20)29-4)25-11-5-6-15(12-25)23(2,3)24;1-13(25)17-12-24(15-5-6-15)19-16(20(17)26)7-8-18(21(19)27-2)23-9-3-4-14(10-22)11-23;1-9-7-10(5-6-11(9)15)16-13(18)8-12(17)14(2,3)4;14-11-5-1-9(2-6-11)13(16)10-3-7-12(15)8-4-10/h1-14H,25H2;9-10,13,15-16,27H,1,5-8,11-12,24H2,2-4H3;7-8,12,14-15,25H,1,3-6,9-11,22H2,2H3;5-7H,8H2,1-4H3,(H,16,18);1-8H,15H2. The highest BCUT2D eigenvalue weighted by molar-refractivity contribution is 6.36. The Bertz CT molecular complexity index is 5790. The molecular formula is C95H102ClFN10O12. The van der Waals surface area contributed by atoms with Gasteiger partial charge in [-0.25, -0.2) is 9.29 Å². The van der Waals surface area contributed by atoms with Crippen LogP contribution in [0.15, 0.2) is 211 Å². The van der Waals surface area contributed by atoms with Crippen LogP contribution in [0.1, 0.15) is 158 Å². The number of nitrogens with zero attached hydrogens (tertiary/aromatic N) is 5. The van der Waals surface area contributed by atoms with Crippen molar-refractivity contribution in [1.29, 1.82) is 0 Å². The Hall–Kier alpha value is -12.6. The van der Waals surface area contributed by atoms with Crippen LogP contribution in [0.3, 0.4) is 0 Å². The minimum absolute atomic E-state index is 0.0781. The number of methoxy groups -OCH3 is 2. The van der Waals surface area contributed by atoms with Gasteiger partial charge in [0.1, 0.15) is 34.6 Å². The largest absolute Gasteiger partial charge is 0.508 e. The molecule has 0 spiro atoms. The Morgan fingerprint density at radius 1 is 0.588 bits per heavy atom. The molecule has 2 aliphatic carbocycles. The van der Waals surface area contributed by atoms with Gasteiger partial charge in [0.25, 0.3) is 11.8 Å². The molecule has 24 heteroatoms. The van der Waals surface area contributed by atoms with Gasteiger partial charge in [-0.15, -0.1) is 0 Å². The highest BCUT2D eigenvalue weighted by Gasteiger charge is 2.39. The third kappa shape index (κ3) is 19.8. The minimum atomic E-state index is -0.493. The first kappa shape index (κ1) is 85.8. The molecule has 618 valence electrons. The summed E-state index contributed by atoms with van der Waals surface area (Å²) in [5.41, 5.74) is 31.6. The van der Waals surface area contributed by atoms with Crippen LogP contribution >= 0.6 is 11.6 Å². The molecule has 22 nitrogen and oxygen atoms in total. The van der Waals surface area contributed by atoms with Crippen molar-refractivity contribution in [2.24, 2.45) is 28.7 Å². The number of amides is 3. The number of anilines is 6. The summed E-state index contributed by atoms with van der Waals surface area (Å²) in [5.74, 6) is 1.39. The maximum Gasteiger partial charge on any atom is 0.266 e. The molecule has 5 heterocycles. The molecule has 16 rings (SSSR count). The van der Waals surface area contributed by atoms with E-state index in [-0.39, 0.29) is 80.6 Å². The second-order valence-electron chi connectivity index (χ2n) is 32.4. The van der Waals surface area contributed by atoms with Crippen molar-refractivity contribution in [1.82, 2.24) is 9.13 Å². The summed E-state index contributed by atoms with van der Waals surface area (Å²) in [6.45, 7) is 22.9. The lowest BCUT2D eigenvalue weighted by Gasteiger charge is -2.41. The summed E-state index contributed by atoms with van der Waals surface area (Å²) in [6, 6.07) is 50.8. The Balaban J connectivity index is 0.000000139. The molecule has 11 aromatic rings. The summed E-state index contributed by atoms with van der Waals surface area (Å²) >= 11 is 5.89. The van der Waals surface area contributed by atoms with Gasteiger partial charge in [-0.3, -0.25) is 33.6 Å². The number of hydrogen-bond acceptors (Lipinski definition) is 18. The van der Waals surface area contributed by atoms with E-state index in [0.29, 0.717) is 103 Å². The zero-order valence-corrected chi connectivity index (χ0v) is 69.1. The van der Waals surface area contributed by atoms with E-state index in [0.717, 1.165) is 128 Å². The molecule has 0 bridgehead atoms. The minimum Gasteiger partial charge on any atom is -0.508 e. The van der Waals surface area contributed by atoms with Crippen molar-refractivity contribution in [2.45, 2.75) is 117 Å². The summed E-state index contributed by atoms with van der Waals surface area (Å²) in [7, 11) is 3.32. The van der Waals surface area contributed by atoms with Crippen LogP contribution in [0.4, 0.5) is 38.5 Å². The van der Waals surface area contributed by atoms with E-state index >= 15 is 0 Å². The molecule has 11 N–H and O–H groups in total. The fourth-order valence-corrected chi connectivity index (χ4v) is 15.2. The number of ketones is 2. The highest BCUT2D eigenvalue weighted by Crippen LogP contribution is 2.46. The number of aryl methyl sites for hydroxylation is 1. The predicted molar refractivity (Wildman–Crippen MR) is 474 cm³/mol. The quantitative estimate of drug-likeness (QED) is 0.0138. The molecule has 2 saturated carbocycles. The van der Waals surface area contributed by atoms with Gasteiger partial charge in [-0.2, -0.15) is 0 Å². The van der Waals surface area contributed by atoms with Crippen molar-refractivity contribution in [3.05, 3.63) is 272 Å². The Morgan fingerprint density at radius 3 is 1.66 bits per heavy atom. The molecule has 2 saturated heterocycles. The molecule has 0 radical (unpaired) electrons. The van der Waals surface area contributed by atoms with E-state index in [9.17, 15) is 48.2 Å². The van der Waals surface area contributed by atoms with Crippen molar-refractivity contribution < 1.29 is 52.8 Å². The Morgan fingerprint density at radius 2 is 1.13 bits per heavy atom. The number of carbonyl (C=O) groups excluding carboxylic acids is 5. The topological polar surface area (TPSA) is 323 Å². The normalized spacial score (nSPS) is 15.7. The molecule has 119 heavy (non-hydrogen) atoms. The third-order valence-corrected chi connectivity index (χ3v) is 22.4. The average Bonchev–Trinajstić information content (AvgIpc) is 1.75. The van der Waals surface area contributed by atoms with E-state index in [1.165, 1.54) is 29.2 Å². The SMILES string of the molecule is C=C(O)c1cn(C2CC2)c2c(OC)c(N3CCCC(C(C)(C)N)C3)ccc2c1=O.C=C(O)c1cn(C2CC2)c2c(OC)c(N3CCCC(CN)C3)ccc2c1=O.Cc1cc(NC(=O)CC(=O)C(C)(C)C)ccc1Cl.Nc1ccc(C(=O)c2ccc(F)cc2)cc1.Nc1cccc(Oc2ccc3c(c2)C(=O)N(c2cccc4ccccc24)C3=O)c1. The van der Waals surface area contributed by atoms with Gasteiger partial charge in [0.2, 0.25) is 5.91 Å². The number of rotatable bonds is 18. The molecule has 2 atom stereocenters. The number of nitrogens with two attached hydrogens (primary N) is 4. The number of hydrogen-bond donors (Lipinski definition) is 7. The maximum absolute atomic E-state index is 13.1. The number of aromatic nitrogens is 2. The second-order valence-corrected chi connectivity index (χ2v) is 32.8. The number of halogens is 2. The van der Waals surface area contributed by atoms with Gasteiger partial charge in [0.05, 0.1) is 81.8 Å². The summed E-state index contributed by atoms with van der Waals surface area (Å²) in [4.78, 5) is 93.2. The number of imide groups is 1. The van der Waals surface area contributed by atoms with Crippen LogP contribution in [0.5, 0.6) is 23.0 Å². The number of fused-ring (bicyclic) bond motifs is 4. The number of ether oxygens (including phenoxy) is 3. The van der Waals surface area contributed by atoms with Crippen LogP contribution in [0.2, 0.25) is 5.02 Å². The lowest BCUT2D eigenvalue weighted by atomic mass is 9.82. The average molecular weight is 1630 g/mol. The molecule has 9 aromatic carbocycles. The van der Waals surface area contributed by atoms with Crippen LogP contribution in [0.25, 0.3) is 44.1 Å². The summed E-state index contributed by atoms with van der Waals surface area (Å²) in [6.07, 6.45) is 12.0. The summed E-state index contributed by atoms with van der Waals surface area (Å²) in [5, 5.41) is 26.1. The number of carbonyl (C=O) groups is 5. The van der Waals surface area contributed by atoms with Gasteiger partial charge < -0.3 is 71.6 Å². The summed E-state index contributed by atoms with van der Waals surface area (Å²) < 4.78 is 34.4. The fraction of sp³-hybridized carbons (Fsp3) is 0.295. The zero-order chi connectivity index (χ0) is 85.5. The van der Waals surface area contributed by atoms with Crippen LogP contribution in [0, 0.1) is 30.0 Å². The first-order chi connectivity index (χ1) is 56.7. The van der Waals surface area contributed by atoms with Crippen LogP contribution in [-0.2, 0) is 9.59 Å². The lowest BCUT2D eigenvalue weighted by Crippen LogP contribution is -2.49. The van der Waals surface area contributed by atoms with Gasteiger partial charge in [0.15, 0.2) is 28.1 Å². The first-order valence-corrected chi connectivity index (χ1v) is 40.2. The van der Waals surface area contributed by atoms with Crippen molar-refractivity contribution in [2.75, 3.05) is 78.4 Å². The van der Waals surface area contributed by atoms with Crippen LogP contribution < -0.4 is 68.0 Å². The first-order valence-electron chi connectivity index (χ1n) is 39.8. The smallest absolute Gasteiger partial charge is 0.266 e. The Labute approximate surface area is 696 Å². The van der Waals surface area contributed by atoms with E-state index in [4.69, 9.17) is 48.7 Å². The lowest BCUT2D eigenvalue weighted by molar-refractivity contribution is -0.130. The molecule has 2 unspecified atom stereocenters. The van der Waals surface area contributed by atoms with E-state index in [1.807, 2.05) is 67.6 Å². The van der Waals surface area contributed by atoms with Gasteiger partial charge in [-0.05, 0) is 229 Å². The number of nitrogen functional groups attached to an aromatic ring is 2. The van der Waals surface area contributed by atoms with Gasteiger partial charge in [-0.1, -0.05) is 88.0 Å². The molecule has 4 fully saturated rings. The van der Waals surface area contributed by atoms with Crippen molar-refractivity contribution in [3.63, 3.8) is 0 Å². The third-order valence-electron chi connectivity index (χ3n) is 22.0. The monoisotopic (exact) mass is 1630 g/mol.